The van der Waals surface area contributed by atoms with Gasteiger partial charge in [-0.05, 0) is 61.7 Å². The number of Topliss-reactive ketones (excluding diaryl/α,β-unsaturated/α-hetero) is 1. The molecule has 1 atom stereocenters. The number of aryl methyl sites for hydroxylation is 1. The third kappa shape index (κ3) is 5.43. The van der Waals surface area contributed by atoms with Crippen LogP contribution < -0.4 is 19.8 Å². The molecule has 0 radical (unpaired) electrons. The maximum Gasteiger partial charge on any atom is 0.271 e. The highest BCUT2D eigenvalue weighted by molar-refractivity contribution is 6.35. The number of halogens is 2. The number of ether oxygens (including phenoxy) is 3. The van der Waals surface area contributed by atoms with Crippen molar-refractivity contribution in [2.75, 3.05) is 14.2 Å². The smallest absolute Gasteiger partial charge is 0.271 e. The Bertz CT molecular complexity index is 1410. The van der Waals surface area contributed by atoms with E-state index in [2.05, 4.69) is 0 Å². The minimum Gasteiger partial charge on any atom is -0.494 e. The van der Waals surface area contributed by atoms with E-state index in [9.17, 15) is 20.0 Å². The van der Waals surface area contributed by atoms with Crippen molar-refractivity contribution < 1.29 is 24.1 Å². The summed E-state index contributed by atoms with van der Waals surface area (Å²) in [6, 6.07) is 11.7. The number of hydrogen-bond donors (Lipinski definition) is 1. The van der Waals surface area contributed by atoms with Gasteiger partial charge in [0.05, 0.1) is 24.8 Å². The zero-order valence-electron chi connectivity index (χ0n) is 20.1. The lowest BCUT2D eigenvalue weighted by Crippen LogP contribution is -2.31. The number of nitrogens with zero attached hydrogens (tertiary/aromatic N) is 2. The molecule has 0 bridgehead atoms. The largest absolute Gasteiger partial charge is 0.494 e. The number of benzene rings is 2. The van der Waals surface area contributed by atoms with Crippen LogP contribution in [-0.2, 0) is 13.0 Å². The molecule has 36 heavy (non-hydrogen) atoms. The van der Waals surface area contributed by atoms with Crippen molar-refractivity contribution in [1.29, 1.82) is 5.26 Å². The van der Waals surface area contributed by atoms with Crippen LogP contribution in [0.2, 0.25) is 10.0 Å². The van der Waals surface area contributed by atoms with E-state index in [1.165, 1.54) is 40.2 Å². The fraction of sp³-hybridized carbons (Fsp3) is 0.269. The van der Waals surface area contributed by atoms with Crippen molar-refractivity contribution in [1.82, 2.24) is 4.57 Å². The lowest BCUT2D eigenvalue weighted by atomic mass is 9.99. The Balaban J connectivity index is 1.96. The minimum absolute atomic E-state index is 0.00758. The van der Waals surface area contributed by atoms with Gasteiger partial charge in [0.15, 0.2) is 17.6 Å². The average molecular weight is 531 g/mol. The van der Waals surface area contributed by atoms with Crippen molar-refractivity contribution >= 4 is 29.0 Å². The van der Waals surface area contributed by atoms with E-state index in [0.29, 0.717) is 22.9 Å². The van der Waals surface area contributed by atoms with E-state index in [-0.39, 0.29) is 34.0 Å². The number of aromatic hydroxyl groups is 1. The third-order valence-electron chi connectivity index (χ3n) is 5.69. The first kappa shape index (κ1) is 26.9. The number of aromatic nitrogens is 1. The van der Waals surface area contributed by atoms with E-state index >= 15 is 0 Å². The van der Waals surface area contributed by atoms with Gasteiger partial charge in [-0.25, -0.2) is 0 Å². The van der Waals surface area contributed by atoms with Crippen molar-refractivity contribution in [3.05, 3.63) is 79.1 Å². The molecule has 1 aromatic heterocycles. The number of nitriles is 1. The van der Waals surface area contributed by atoms with Crippen molar-refractivity contribution in [3.63, 3.8) is 0 Å². The number of methoxy groups -OCH3 is 2. The Hall–Kier alpha value is -3.67. The van der Waals surface area contributed by atoms with Crippen LogP contribution in [0.3, 0.4) is 0 Å². The maximum atomic E-state index is 13.3. The second-order valence-electron chi connectivity index (χ2n) is 7.91. The van der Waals surface area contributed by atoms with Gasteiger partial charge < -0.3 is 19.3 Å². The van der Waals surface area contributed by atoms with Crippen LogP contribution in [0.1, 0.15) is 34.0 Å². The molecule has 0 amide bonds. The van der Waals surface area contributed by atoms with Crippen LogP contribution in [-0.4, -0.2) is 35.8 Å². The summed E-state index contributed by atoms with van der Waals surface area (Å²) in [6.07, 6.45) is -0.779. The summed E-state index contributed by atoms with van der Waals surface area (Å²) in [6.45, 7) is 2.93. The second-order valence-corrected chi connectivity index (χ2v) is 8.75. The summed E-state index contributed by atoms with van der Waals surface area (Å²) in [5.41, 5.74) is -0.236. The molecule has 0 fully saturated rings. The van der Waals surface area contributed by atoms with E-state index < -0.39 is 23.3 Å². The molecule has 0 saturated carbocycles. The standard InChI is InChI=1S/C26H24Cl2N2O6/c1-14-18(13-29)25(32)30(10-9-16-5-7-21(34-3)22(11-16)35-4)26(33)23(14)24(31)15(2)36-20-8-6-17(27)12-19(20)28/h5-8,11-12,15,33H,9-10H2,1-4H3. The van der Waals surface area contributed by atoms with E-state index in [1.54, 1.807) is 24.3 Å². The van der Waals surface area contributed by atoms with E-state index in [1.807, 2.05) is 6.07 Å². The predicted molar refractivity (Wildman–Crippen MR) is 136 cm³/mol. The van der Waals surface area contributed by atoms with Gasteiger partial charge in [-0.1, -0.05) is 29.3 Å². The minimum atomic E-state index is -1.09. The Morgan fingerprint density at radius 3 is 2.39 bits per heavy atom. The third-order valence-corrected chi connectivity index (χ3v) is 6.22. The lowest BCUT2D eigenvalue weighted by Gasteiger charge is -2.19. The van der Waals surface area contributed by atoms with Crippen LogP contribution in [0.5, 0.6) is 23.1 Å². The SMILES string of the molecule is COc1ccc(CCn2c(O)c(C(=O)C(C)Oc3ccc(Cl)cc3Cl)c(C)c(C#N)c2=O)cc1OC. The number of carbonyl (C=O) groups is 1. The van der Waals surface area contributed by atoms with E-state index in [0.717, 1.165) is 10.1 Å². The van der Waals surface area contributed by atoms with Crippen LogP contribution in [0.25, 0.3) is 0 Å². The van der Waals surface area contributed by atoms with Crippen molar-refractivity contribution in [3.8, 4) is 29.2 Å². The quantitative estimate of drug-likeness (QED) is 0.389. The summed E-state index contributed by atoms with van der Waals surface area (Å²) in [5.74, 6) is 0.121. The van der Waals surface area contributed by atoms with Crippen LogP contribution in [0, 0.1) is 18.3 Å². The zero-order valence-corrected chi connectivity index (χ0v) is 21.6. The molecule has 8 nitrogen and oxygen atoms in total. The summed E-state index contributed by atoms with van der Waals surface area (Å²) >= 11 is 12.1. The molecular weight excluding hydrogens is 507 g/mol. The Morgan fingerprint density at radius 1 is 1.11 bits per heavy atom. The molecule has 0 aliphatic carbocycles. The van der Waals surface area contributed by atoms with Gasteiger partial charge in [0.1, 0.15) is 17.4 Å². The van der Waals surface area contributed by atoms with Gasteiger partial charge in [0.2, 0.25) is 11.7 Å². The fourth-order valence-corrected chi connectivity index (χ4v) is 4.20. The zero-order chi connectivity index (χ0) is 26.6. The first-order valence-electron chi connectivity index (χ1n) is 10.9. The summed E-state index contributed by atoms with van der Waals surface area (Å²) in [4.78, 5) is 26.3. The Kier molecular flexibility index (Phi) is 8.51. The molecular formula is C26H24Cl2N2O6. The number of rotatable bonds is 9. The molecule has 0 saturated heterocycles. The number of pyridine rings is 1. The Morgan fingerprint density at radius 2 is 1.78 bits per heavy atom. The molecule has 3 rings (SSSR count). The highest BCUT2D eigenvalue weighted by atomic mass is 35.5. The van der Waals surface area contributed by atoms with Gasteiger partial charge in [-0.15, -0.1) is 0 Å². The molecule has 3 aromatic rings. The molecule has 0 spiro atoms. The fourth-order valence-electron chi connectivity index (χ4n) is 3.75. The molecule has 1 heterocycles. The lowest BCUT2D eigenvalue weighted by molar-refractivity contribution is 0.0812. The highest BCUT2D eigenvalue weighted by Crippen LogP contribution is 2.31. The molecule has 0 aliphatic rings. The average Bonchev–Trinajstić information content (AvgIpc) is 2.85. The molecule has 1 N–H and O–H groups in total. The molecule has 10 heteroatoms. The number of hydrogen-bond acceptors (Lipinski definition) is 7. The topological polar surface area (TPSA) is 111 Å². The number of carbonyl (C=O) groups excluding carboxylic acids is 1. The number of ketones is 1. The molecule has 2 aromatic carbocycles. The van der Waals surface area contributed by atoms with Crippen LogP contribution in [0.4, 0.5) is 0 Å². The molecule has 1 unspecified atom stereocenters. The van der Waals surface area contributed by atoms with Gasteiger partial charge in [-0.3, -0.25) is 14.2 Å². The summed E-state index contributed by atoms with van der Waals surface area (Å²) < 4.78 is 17.3. The van der Waals surface area contributed by atoms with Gasteiger partial charge in [0.25, 0.3) is 5.56 Å². The first-order valence-corrected chi connectivity index (χ1v) is 11.6. The van der Waals surface area contributed by atoms with Gasteiger partial charge >= 0.3 is 0 Å². The second kappa shape index (κ2) is 11.4. The highest BCUT2D eigenvalue weighted by Gasteiger charge is 2.28. The summed E-state index contributed by atoms with van der Waals surface area (Å²) in [5, 5.41) is 21.2. The van der Waals surface area contributed by atoms with Gasteiger partial charge in [0, 0.05) is 11.6 Å². The summed E-state index contributed by atoms with van der Waals surface area (Å²) in [7, 11) is 3.03. The molecule has 188 valence electrons. The monoisotopic (exact) mass is 530 g/mol. The van der Waals surface area contributed by atoms with Crippen LogP contribution >= 0.6 is 23.2 Å². The van der Waals surface area contributed by atoms with Crippen LogP contribution in [0.15, 0.2) is 41.2 Å². The predicted octanol–water partition coefficient (Wildman–Crippen LogP) is 4.95. The maximum absolute atomic E-state index is 13.3. The van der Waals surface area contributed by atoms with Crippen molar-refractivity contribution in [2.45, 2.75) is 32.9 Å². The molecule has 0 aliphatic heterocycles. The van der Waals surface area contributed by atoms with Gasteiger partial charge in [-0.2, -0.15) is 5.26 Å². The normalized spacial score (nSPS) is 11.5. The Labute approximate surface area is 218 Å². The van der Waals surface area contributed by atoms with E-state index in [4.69, 9.17) is 37.4 Å². The van der Waals surface area contributed by atoms with Crippen molar-refractivity contribution in [2.24, 2.45) is 0 Å². The first-order chi connectivity index (χ1) is 17.1.